The van der Waals surface area contributed by atoms with Gasteiger partial charge in [-0.05, 0) is 18.4 Å². The Morgan fingerprint density at radius 2 is 2.17 bits per heavy atom. The smallest absolute Gasteiger partial charge is 0.271 e. The number of benzene rings is 1. The molecule has 0 spiro atoms. The van der Waals surface area contributed by atoms with Crippen molar-refractivity contribution >= 4 is 23.0 Å². The van der Waals surface area contributed by atoms with Crippen LogP contribution < -0.4 is 5.32 Å². The number of nitro groups is 1. The van der Waals surface area contributed by atoms with Gasteiger partial charge in [-0.1, -0.05) is 25.4 Å². The molecule has 5 nitrogen and oxygen atoms in total. The molecule has 1 unspecified atom stereocenters. The van der Waals surface area contributed by atoms with Gasteiger partial charge in [-0.2, -0.15) is 0 Å². The van der Waals surface area contributed by atoms with Crippen LogP contribution >= 0.6 is 11.6 Å². The summed E-state index contributed by atoms with van der Waals surface area (Å²) in [5.74, 6) is 0.323. The first-order valence-corrected chi connectivity index (χ1v) is 6.14. The van der Waals surface area contributed by atoms with Crippen molar-refractivity contribution in [3.8, 4) is 0 Å². The molecule has 0 saturated carbocycles. The minimum absolute atomic E-state index is 0.0335. The number of aliphatic hydroxyl groups excluding tert-OH is 1. The Balaban J connectivity index is 2.86. The summed E-state index contributed by atoms with van der Waals surface area (Å²) >= 11 is 5.99. The zero-order chi connectivity index (χ0) is 13.7. The number of anilines is 1. The van der Waals surface area contributed by atoms with Crippen molar-refractivity contribution in [3.63, 3.8) is 0 Å². The highest BCUT2D eigenvalue weighted by Gasteiger charge is 2.15. The zero-order valence-corrected chi connectivity index (χ0v) is 11.1. The van der Waals surface area contributed by atoms with Crippen LogP contribution in [-0.2, 0) is 0 Å². The van der Waals surface area contributed by atoms with E-state index in [0.717, 1.165) is 0 Å². The summed E-state index contributed by atoms with van der Waals surface area (Å²) in [6, 6.07) is 4.40. The molecule has 0 saturated heterocycles. The van der Waals surface area contributed by atoms with Crippen molar-refractivity contribution < 1.29 is 10.0 Å². The van der Waals surface area contributed by atoms with E-state index < -0.39 is 4.92 Å². The first-order chi connectivity index (χ1) is 8.45. The maximum atomic E-state index is 10.6. The number of nitrogens with zero attached hydrogens (tertiary/aromatic N) is 1. The van der Waals surface area contributed by atoms with E-state index in [0.29, 0.717) is 23.0 Å². The minimum Gasteiger partial charge on any atom is -0.396 e. The molecular formula is C12H17ClN2O3. The first-order valence-electron chi connectivity index (χ1n) is 5.77. The Morgan fingerprint density at radius 3 is 2.61 bits per heavy atom. The summed E-state index contributed by atoms with van der Waals surface area (Å²) in [6.45, 7) is 4.15. The zero-order valence-electron chi connectivity index (χ0n) is 10.4. The third-order valence-electron chi connectivity index (χ3n) is 2.75. The number of nitrogens with one attached hydrogen (secondary N) is 1. The van der Waals surface area contributed by atoms with Crippen LogP contribution in [0.3, 0.4) is 0 Å². The molecule has 6 heteroatoms. The molecule has 1 atom stereocenters. The van der Waals surface area contributed by atoms with Gasteiger partial charge in [0.1, 0.15) is 0 Å². The van der Waals surface area contributed by atoms with E-state index >= 15 is 0 Å². The number of rotatable bonds is 6. The van der Waals surface area contributed by atoms with E-state index in [-0.39, 0.29) is 18.3 Å². The normalized spacial score (nSPS) is 12.5. The molecule has 100 valence electrons. The highest BCUT2D eigenvalue weighted by atomic mass is 35.5. The molecule has 0 fully saturated rings. The van der Waals surface area contributed by atoms with Gasteiger partial charge in [-0.3, -0.25) is 10.1 Å². The highest BCUT2D eigenvalue weighted by Crippen LogP contribution is 2.28. The summed E-state index contributed by atoms with van der Waals surface area (Å²) < 4.78 is 0. The van der Waals surface area contributed by atoms with Gasteiger partial charge in [0, 0.05) is 24.8 Å². The number of non-ortho nitro benzene ring substituents is 1. The largest absolute Gasteiger partial charge is 0.396 e. The second-order valence-corrected chi connectivity index (χ2v) is 4.84. The summed E-state index contributed by atoms with van der Waals surface area (Å²) in [5, 5.41) is 23.1. The standard InChI is InChI=1S/C12H17ClN2O3/c1-8(2)11(5-6-16)14-12-4-3-9(15(17)18)7-10(12)13/h3-4,7-8,11,14,16H,5-6H2,1-2H3. The lowest BCUT2D eigenvalue weighted by Crippen LogP contribution is -2.26. The fourth-order valence-corrected chi connectivity index (χ4v) is 1.87. The van der Waals surface area contributed by atoms with Crippen LogP contribution in [0.1, 0.15) is 20.3 Å². The van der Waals surface area contributed by atoms with Crippen molar-refractivity contribution in [1.29, 1.82) is 0 Å². The Morgan fingerprint density at radius 1 is 1.50 bits per heavy atom. The third-order valence-corrected chi connectivity index (χ3v) is 3.06. The lowest BCUT2D eigenvalue weighted by Gasteiger charge is -2.23. The Bertz CT molecular complexity index is 424. The third kappa shape index (κ3) is 3.85. The molecule has 0 aliphatic carbocycles. The molecule has 0 heterocycles. The summed E-state index contributed by atoms with van der Waals surface area (Å²) in [7, 11) is 0. The van der Waals surface area contributed by atoms with Gasteiger partial charge in [0.25, 0.3) is 5.69 Å². The molecule has 0 bridgehead atoms. The molecule has 1 rings (SSSR count). The van der Waals surface area contributed by atoms with Crippen LogP contribution in [0.15, 0.2) is 18.2 Å². The lowest BCUT2D eigenvalue weighted by molar-refractivity contribution is -0.384. The molecule has 0 aliphatic rings. The van der Waals surface area contributed by atoms with Gasteiger partial charge in [-0.25, -0.2) is 0 Å². The predicted molar refractivity (Wildman–Crippen MR) is 72.1 cm³/mol. The number of nitro benzene ring substituents is 1. The van der Waals surface area contributed by atoms with Gasteiger partial charge in [0.2, 0.25) is 0 Å². The molecule has 18 heavy (non-hydrogen) atoms. The molecule has 0 aliphatic heterocycles. The van der Waals surface area contributed by atoms with Crippen LogP contribution in [0.25, 0.3) is 0 Å². The monoisotopic (exact) mass is 272 g/mol. The van der Waals surface area contributed by atoms with Crippen LogP contribution in [-0.4, -0.2) is 22.7 Å². The van der Waals surface area contributed by atoms with Gasteiger partial charge < -0.3 is 10.4 Å². The number of aliphatic hydroxyl groups is 1. The minimum atomic E-state index is -0.483. The first kappa shape index (κ1) is 14.7. The molecule has 0 aromatic heterocycles. The van der Waals surface area contributed by atoms with Gasteiger partial charge >= 0.3 is 0 Å². The summed E-state index contributed by atoms with van der Waals surface area (Å²) in [6.07, 6.45) is 0.602. The average molecular weight is 273 g/mol. The van der Waals surface area contributed by atoms with Gasteiger partial charge in [0.05, 0.1) is 15.6 Å². The quantitative estimate of drug-likeness (QED) is 0.616. The maximum Gasteiger partial charge on any atom is 0.271 e. The van der Waals surface area contributed by atoms with Crippen molar-refractivity contribution in [2.24, 2.45) is 5.92 Å². The summed E-state index contributed by atoms with van der Waals surface area (Å²) in [5.41, 5.74) is 0.614. The fourth-order valence-electron chi connectivity index (χ4n) is 1.65. The van der Waals surface area contributed by atoms with Crippen molar-refractivity contribution in [1.82, 2.24) is 0 Å². The topological polar surface area (TPSA) is 75.4 Å². The molecule has 0 amide bonds. The second kappa shape index (κ2) is 6.56. The van der Waals surface area contributed by atoms with E-state index in [2.05, 4.69) is 5.32 Å². The lowest BCUT2D eigenvalue weighted by atomic mass is 10.0. The van der Waals surface area contributed by atoms with Crippen molar-refractivity contribution in [3.05, 3.63) is 33.3 Å². The Labute approximate surface area is 111 Å². The SMILES string of the molecule is CC(C)C(CCO)Nc1ccc([N+](=O)[O-])cc1Cl. The highest BCUT2D eigenvalue weighted by molar-refractivity contribution is 6.33. The molecule has 1 aromatic rings. The second-order valence-electron chi connectivity index (χ2n) is 4.43. The van der Waals surface area contributed by atoms with Crippen LogP contribution in [0, 0.1) is 16.0 Å². The molecular weight excluding hydrogens is 256 g/mol. The predicted octanol–water partition coefficient (Wildman–Crippen LogP) is 3.07. The summed E-state index contributed by atoms with van der Waals surface area (Å²) in [4.78, 5) is 10.1. The van der Waals surface area contributed by atoms with E-state index in [9.17, 15) is 10.1 Å². The molecule has 2 N–H and O–H groups in total. The van der Waals surface area contributed by atoms with Crippen molar-refractivity contribution in [2.45, 2.75) is 26.3 Å². The molecule has 1 aromatic carbocycles. The fraction of sp³-hybridized carbons (Fsp3) is 0.500. The van der Waals surface area contributed by atoms with E-state index in [1.807, 2.05) is 13.8 Å². The van der Waals surface area contributed by atoms with Gasteiger partial charge in [-0.15, -0.1) is 0 Å². The Kier molecular flexibility index (Phi) is 5.37. The van der Waals surface area contributed by atoms with Crippen molar-refractivity contribution in [2.75, 3.05) is 11.9 Å². The van der Waals surface area contributed by atoms with Gasteiger partial charge in [0.15, 0.2) is 0 Å². The number of hydrogen-bond donors (Lipinski definition) is 2. The Hall–Kier alpha value is -1.33. The van der Waals surface area contributed by atoms with E-state index in [4.69, 9.17) is 16.7 Å². The van der Waals surface area contributed by atoms with E-state index in [1.54, 1.807) is 6.07 Å². The number of halogens is 1. The molecule has 0 radical (unpaired) electrons. The maximum absolute atomic E-state index is 10.6. The van der Waals surface area contributed by atoms with Crippen LogP contribution in [0.2, 0.25) is 5.02 Å². The van der Waals surface area contributed by atoms with Crippen LogP contribution in [0.4, 0.5) is 11.4 Å². The number of hydrogen-bond acceptors (Lipinski definition) is 4. The van der Waals surface area contributed by atoms with E-state index in [1.165, 1.54) is 12.1 Å². The van der Waals surface area contributed by atoms with Crippen LogP contribution in [0.5, 0.6) is 0 Å². The average Bonchev–Trinajstić information content (AvgIpc) is 2.30.